The van der Waals surface area contributed by atoms with E-state index in [0.29, 0.717) is 24.0 Å². The van der Waals surface area contributed by atoms with Crippen molar-refractivity contribution in [3.05, 3.63) is 49.3 Å². The van der Waals surface area contributed by atoms with Crippen LogP contribution in [0.1, 0.15) is 0 Å². The van der Waals surface area contributed by atoms with E-state index < -0.39 is 0 Å². The first-order valence-corrected chi connectivity index (χ1v) is 9.16. The molecule has 1 amide bonds. The van der Waals surface area contributed by atoms with Crippen molar-refractivity contribution in [2.45, 2.75) is 0 Å². The second kappa shape index (κ2) is 6.40. The van der Waals surface area contributed by atoms with Gasteiger partial charge in [-0.2, -0.15) is 5.10 Å². The molecule has 4 aromatic rings. The number of fused-ring (bicyclic) bond motifs is 1. The normalized spacial score (nSPS) is 14.3. The largest absolute Gasteiger partial charge is 0.355 e. The lowest BCUT2D eigenvalue weighted by Crippen LogP contribution is -2.52. The van der Waals surface area contributed by atoms with Gasteiger partial charge in [0.2, 0.25) is 5.91 Å². The van der Waals surface area contributed by atoms with E-state index in [1.54, 1.807) is 11.0 Å². The minimum Gasteiger partial charge on any atom is -0.355 e. The van der Waals surface area contributed by atoms with E-state index in [1.165, 1.54) is 24.0 Å². The third kappa shape index (κ3) is 2.99. The number of hydrogen-bond donors (Lipinski definition) is 1. The van der Waals surface area contributed by atoms with Crippen LogP contribution in [0.4, 0.5) is 10.9 Å². The number of amides is 1. The van der Waals surface area contributed by atoms with Crippen LogP contribution in [0.5, 0.6) is 0 Å². The van der Waals surface area contributed by atoms with Gasteiger partial charge in [-0.05, 0) is 12.1 Å². The zero-order chi connectivity index (χ0) is 18.2. The molecule has 3 aromatic heterocycles. The highest BCUT2D eigenvalue weighted by atomic mass is 32.1. The number of rotatable bonds is 4. The molecule has 9 nitrogen and oxygen atoms in total. The fraction of sp³-hybridized carbons (Fsp3) is 0.176. The van der Waals surface area contributed by atoms with Crippen LogP contribution in [-0.2, 0) is 4.79 Å². The van der Waals surface area contributed by atoms with E-state index in [-0.39, 0.29) is 11.8 Å². The Morgan fingerprint density at radius 2 is 2.00 bits per heavy atom. The second-order valence-electron chi connectivity index (χ2n) is 6.15. The van der Waals surface area contributed by atoms with Gasteiger partial charge in [-0.3, -0.25) is 4.79 Å². The Labute approximate surface area is 157 Å². The summed E-state index contributed by atoms with van der Waals surface area (Å²) >= 11 is 1.48. The number of benzene rings is 1. The quantitative estimate of drug-likeness (QED) is 0.577. The van der Waals surface area contributed by atoms with Crippen LogP contribution in [0, 0.1) is 5.92 Å². The van der Waals surface area contributed by atoms with Crippen LogP contribution in [0.15, 0.2) is 49.3 Å². The van der Waals surface area contributed by atoms with E-state index in [4.69, 9.17) is 0 Å². The van der Waals surface area contributed by atoms with Gasteiger partial charge in [0.15, 0.2) is 10.9 Å². The maximum Gasteiger partial charge on any atom is 0.232 e. The van der Waals surface area contributed by atoms with Gasteiger partial charge in [-0.1, -0.05) is 23.5 Å². The molecular weight excluding hydrogens is 364 g/mol. The molecule has 1 fully saturated rings. The predicted octanol–water partition coefficient (Wildman–Crippen LogP) is 1.74. The molecular formula is C17H14N8OS. The van der Waals surface area contributed by atoms with Crippen molar-refractivity contribution in [1.82, 2.24) is 29.7 Å². The van der Waals surface area contributed by atoms with Gasteiger partial charge in [-0.25, -0.2) is 24.6 Å². The molecule has 0 atom stereocenters. The van der Waals surface area contributed by atoms with Crippen LogP contribution < -0.4 is 10.2 Å². The van der Waals surface area contributed by atoms with Crippen LogP contribution in [0.25, 0.3) is 16.0 Å². The summed E-state index contributed by atoms with van der Waals surface area (Å²) in [6.07, 6.45) is 4.52. The summed E-state index contributed by atoms with van der Waals surface area (Å²) in [7, 11) is 0. The first-order valence-electron chi connectivity index (χ1n) is 8.35. The van der Waals surface area contributed by atoms with Crippen molar-refractivity contribution >= 4 is 38.4 Å². The number of nitrogens with zero attached hydrogens (tertiary/aromatic N) is 7. The minimum absolute atomic E-state index is 0.0177. The Hall–Kier alpha value is -3.40. The molecule has 1 N–H and O–H groups in total. The molecule has 1 aliphatic rings. The number of carbonyl (C=O) groups is 1. The Balaban J connectivity index is 1.24. The lowest BCUT2D eigenvalue weighted by Gasteiger charge is -2.38. The summed E-state index contributed by atoms with van der Waals surface area (Å²) in [5, 5.41) is 7.63. The Kier molecular flexibility index (Phi) is 3.75. The van der Waals surface area contributed by atoms with E-state index in [2.05, 4.69) is 30.4 Å². The molecule has 0 radical (unpaired) electrons. The van der Waals surface area contributed by atoms with Gasteiger partial charge in [0.1, 0.15) is 24.8 Å². The van der Waals surface area contributed by atoms with Crippen LogP contribution in [0.3, 0.4) is 0 Å². The fourth-order valence-electron chi connectivity index (χ4n) is 2.93. The van der Waals surface area contributed by atoms with Crippen molar-refractivity contribution < 1.29 is 4.79 Å². The molecule has 0 saturated carbocycles. The van der Waals surface area contributed by atoms with Crippen molar-refractivity contribution in [3.8, 4) is 5.82 Å². The van der Waals surface area contributed by atoms with E-state index in [1.807, 2.05) is 35.2 Å². The average Bonchev–Trinajstić information content (AvgIpc) is 3.30. The van der Waals surface area contributed by atoms with Crippen molar-refractivity contribution in [2.24, 2.45) is 5.92 Å². The number of hydrogen-bond acceptors (Lipinski definition) is 8. The molecule has 0 spiro atoms. The molecule has 1 aromatic carbocycles. The Morgan fingerprint density at radius 1 is 1.15 bits per heavy atom. The second-order valence-corrected chi connectivity index (χ2v) is 7.18. The molecule has 0 unspecified atom stereocenters. The van der Waals surface area contributed by atoms with Crippen LogP contribution in [-0.4, -0.2) is 48.7 Å². The minimum atomic E-state index is -0.0956. The Morgan fingerprint density at radius 3 is 2.81 bits per heavy atom. The predicted molar refractivity (Wildman–Crippen MR) is 101 cm³/mol. The highest BCUT2D eigenvalue weighted by molar-refractivity contribution is 7.22. The zero-order valence-corrected chi connectivity index (χ0v) is 14.9. The first kappa shape index (κ1) is 15.8. The summed E-state index contributed by atoms with van der Waals surface area (Å²) in [6, 6.07) is 9.66. The number of anilines is 2. The van der Waals surface area contributed by atoms with Gasteiger partial charge in [0.05, 0.1) is 16.1 Å². The first-order chi connectivity index (χ1) is 13.3. The topological polar surface area (TPSA) is 102 Å². The molecule has 0 aliphatic carbocycles. The number of nitrogens with one attached hydrogen (secondary N) is 1. The number of aromatic nitrogens is 6. The summed E-state index contributed by atoms with van der Waals surface area (Å²) in [6.45, 7) is 1.20. The van der Waals surface area contributed by atoms with Gasteiger partial charge >= 0.3 is 0 Å². The highest BCUT2D eigenvalue weighted by Gasteiger charge is 2.34. The molecule has 5 rings (SSSR count). The third-order valence-corrected chi connectivity index (χ3v) is 5.34. The number of carbonyl (C=O) groups excluding carboxylic acids is 1. The summed E-state index contributed by atoms with van der Waals surface area (Å²) in [5.41, 5.74) is 0.898. The van der Waals surface area contributed by atoms with Gasteiger partial charge in [0.25, 0.3) is 0 Å². The average molecular weight is 378 g/mol. The maximum atomic E-state index is 12.5. The van der Waals surface area contributed by atoms with E-state index in [0.717, 1.165) is 16.0 Å². The van der Waals surface area contributed by atoms with E-state index >= 15 is 0 Å². The lowest BCUT2D eigenvalue weighted by atomic mass is 9.99. The molecule has 4 heterocycles. The van der Waals surface area contributed by atoms with Gasteiger partial charge < -0.3 is 10.2 Å². The Bertz CT molecular complexity index is 1070. The van der Waals surface area contributed by atoms with E-state index in [9.17, 15) is 4.79 Å². The number of thiazole rings is 1. The highest BCUT2D eigenvalue weighted by Crippen LogP contribution is 2.28. The van der Waals surface area contributed by atoms with Gasteiger partial charge in [0, 0.05) is 19.2 Å². The monoisotopic (exact) mass is 378 g/mol. The lowest BCUT2D eigenvalue weighted by molar-refractivity contribution is -0.120. The third-order valence-electron chi connectivity index (χ3n) is 4.39. The molecule has 0 bridgehead atoms. The van der Waals surface area contributed by atoms with Crippen LogP contribution >= 0.6 is 11.3 Å². The smallest absolute Gasteiger partial charge is 0.232 e. The fourth-order valence-corrected chi connectivity index (χ4v) is 3.80. The number of para-hydroxylation sites is 1. The maximum absolute atomic E-state index is 12.5. The summed E-state index contributed by atoms with van der Waals surface area (Å²) < 4.78 is 2.63. The van der Waals surface area contributed by atoms with Crippen molar-refractivity contribution in [3.63, 3.8) is 0 Å². The summed E-state index contributed by atoms with van der Waals surface area (Å²) in [4.78, 5) is 31.4. The molecule has 1 saturated heterocycles. The summed E-state index contributed by atoms with van der Waals surface area (Å²) in [5.74, 6) is 1.29. The van der Waals surface area contributed by atoms with Crippen molar-refractivity contribution in [1.29, 1.82) is 0 Å². The molecule has 10 heteroatoms. The van der Waals surface area contributed by atoms with Gasteiger partial charge in [-0.15, -0.1) is 0 Å². The van der Waals surface area contributed by atoms with Crippen LogP contribution in [0.2, 0.25) is 0 Å². The zero-order valence-electron chi connectivity index (χ0n) is 14.1. The standard InChI is InChI=1S/C17H14N8OS/c26-16(23-17-22-12-3-1-2-4-13(12)27-17)11-6-24(7-11)14-5-15(20-9-19-14)25-10-18-8-21-25/h1-5,8-11H,6-7H2,(H,22,23,26). The SMILES string of the molecule is O=C(Nc1nc2ccccc2s1)C1CN(c2cc(-n3cncn3)ncn2)C1. The molecule has 1 aliphatic heterocycles. The molecule has 134 valence electrons. The van der Waals surface area contributed by atoms with Crippen molar-refractivity contribution in [2.75, 3.05) is 23.3 Å². The molecule has 27 heavy (non-hydrogen) atoms.